The molecule has 10 rings (SSSR count). The predicted molar refractivity (Wildman–Crippen MR) is 173 cm³/mol. The van der Waals surface area contributed by atoms with E-state index in [4.69, 9.17) is 19.7 Å². The molecule has 1 aliphatic heterocycles. The number of aromatic nitrogens is 5. The second-order valence-electron chi connectivity index (χ2n) is 11.2. The van der Waals surface area contributed by atoms with Crippen molar-refractivity contribution in [3.8, 4) is 28.4 Å². The number of rotatable bonds is 3. The van der Waals surface area contributed by atoms with Crippen LogP contribution in [-0.2, 0) is 26.8 Å². The minimum Gasteiger partial charge on any atom is -0.503 e. The summed E-state index contributed by atoms with van der Waals surface area (Å²) in [5, 5.41) is 5.28. The molecule has 0 spiro atoms. The third kappa shape index (κ3) is 3.82. The number of fused-ring (bicyclic) bond motifs is 11. The summed E-state index contributed by atoms with van der Waals surface area (Å²) in [7, 11) is 0. The predicted octanol–water partition coefficient (Wildman–Crippen LogP) is 8.49. The Bertz CT molecular complexity index is 2620. The van der Waals surface area contributed by atoms with Gasteiger partial charge in [-0.15, -0.1) is 29.8 Å². The molecule has 9 aromatic rings. The summed E-state index contributed by atoms with van der Waals surface area (Å²) in [6.07, 6.45) is 6.55. The van der Waals surface area contributed by atoms with Gasteiger partial charge in [-0.25, -0.2) is 9.97 Å². The van der Waals surface area contributed by atoms with Gasteiger partial charge in [-0.2, -0.15) is 6.07 Å². The normalized spacial score (nSPS) is 12.2. The molecule has 1 aliphatic rings. The van der Waals surface area contributed by atoms with Crippen molar-refractivity contribution in [3.63, 3.8) is 0 Å². The first-order chi connectivity index (χ1) is 21.8. The van der Waals surface area contributed by atoms with E-state index in [1.165, 1.54) is 22.0 Å². The smallest absolute Gasteiger partial charge is 0.503 e. The molecular weight excluding hydrogens is 649 g/mol. The molecule has 6 nitrogen and oxygen atoms in total. The summed E-state index contributed by atoms with van der Waals surface area (Å²) in [6.45, 7) is 0. The molecule has 214 valence electrons. The van der Waals surface area contributed by atoms with Crippen molar-refractivity contribution >= 4 is 49.4 Å². The topological polar surface area (TPSA) is 57.2 Å². The molecule has 6 heterocycles. The fourth-order valence-corrected chi connectivity index (χ4v) is 6.74. The first-order valence-corrected chi connectivity index (χ1v) is 14.6. The Balaban J connectivity index is 0.00000281. The van der Waals surface area contributed by atoms with Crippen molar-refractivity contribution < 1.29 is 25.2 Å². The van der Waals surface area contributed by atoms with Crippen molar-refractivity contribution in [1.82, 2.24) is 23.9 Å². The molecule has 0 unspecified atom stereocenters. The van der Waals surface area contributed by atoms with Crippen molar-refractivity contribution in [2.24, 2.45) is 0 Å². The van der Waals surface area contributed by atoms with Crippen LogP contribution in [0.4, 0.5) is 0 Å². The molecule has 7 heteroatoms. The number of ether oxygens (including phenoxy) is 1. The summed E-state index contributed by atoms with van der Waals surface area (Å²) >= 11 is 0. The van der Waals surface area contributed by atoms with Crippen LogP contribution in [0.2, 0.25) is 0 Å². The largest absolute Gasteiger partial charge is 2.00 e. The second-order valence-corrected chi connectivity index (χ2v) is 11.2. The van der Waals surface area contributed by atoms with Crippen molar-refractivity contribution in [3.05, 3.63) is 139 Å². The van der Waals surface area contributed by atoms with Crippen molar-refractivity contribution in [1.29, 1.82) is 0 Å². The molecule has 0 fully saturated rings. The molecule has 0 bridgehead atoms. The van der Waals surface area contributed by atoms with Gasteiger partial charge in [-0.1, -0.05) is 77.1 Å². The Labute approximate surface area is 271 Å². The van der Waals surface area contributed by atoms with Crippen LogP contribution in [0.5, 0.6) is 11.5 Å². The fourth-order valence-electron chi connectivity index (χ4n) is 6.74. The number of hydrogen-bond donors (Lipinski definition) is 0. The van der Waals surface area contributed by atoms with Gasteiger partial charge in [0, 0.05) is 46.4 Å². The van der Waals surface area contributed by atoms with E-state index >= 15 is 0 Å². The van der Waals surface area contributed by atoms with Crippen LogP contribution >= 0.6 is 0 Å². The SMILES string of the molecule is [Pd+2].[c-]1c(Oc2[c-]c3c(cc2)c2cccnc2n2cc(-c4ccccc4)nc32)ccc2c1-n1c3ncccc3c3cccc(c31)C2. The van der Waals surface area contributed by atoms with E-state index in [0.29, 0.717) is 11.5 Å². The number of imidazole rings is 1. The second kappa shape index (κ2) is 9.83. The van der Waals surface area contributed by atoms with E-state index in [0.717, 1.165) is 61.9 Å². The van der Waals surface area contributed by atoms with Gasteiger partial charge in [-0.05, 0) is 35.6 Å². The van der Waals surface area contributed by atoms with E-state index in [-0.39, 0.29) is 20.4 Å². The summed E-state index contributed by atoms with van der Waals surface area (Å²) in [4.78, 5) is 14.5. The zero-order valence-corrected chi connectivity index (χ0v) is 25.2. The number of hydrogen-bond acceptors (Lipinski definition) is 4. The van der Waals surface area contributed by atoms with Gasteiger partial charge in [0.25, 0.3) is 0 Å². The average Bonchev–Trinajstić information content (AvgIpc) is 3.68. The fraction of sp³-hybridized carbons (Fsp3) is 0.0263. The van der Waals surface area contributed by atoms with Crippen LogP contribution < -0.4 is 4.74 Å². The monoisotopic (exact) mass is 669 g/mol. The number of para-hydroxylation sites is 1. The van der Waals surface area contributed by atoms with E-state index in [9.17, 15) is 0 Å². The van der Waals surface area contributed by atoms with Crippen LogP contribution in [0, 0.1) is 12.1 Å². The van der Waals surface area contributed by atoms with Gasteiger partial charge < -0.3 is 13.7 Å². The van der Waals surface area contributed by atoms with Gasteiger partial charge in [0.1, 0.15) is 11.3 Å². The first kappa shape index (κ1) is 26.1. The van der Waals surface area contributed by atoms with E-state index in [1.54, 1.807) is 0 Å². The number of benzene rings is 4. The summed E-state index contributed by atoms with van der Waals surface area (Å²) in [6, 6.07) is 40.2. The maximum Gasteiger partial charge on any atom is 2.00 e. The Morgan fingerprint density at radius 2 is 1.38 bits per heavy atom. The first-order valence-electron chi connectivity index (χ1n) is 14.6. The third-order valence-corrected chi connectivity index (χ3v) is 8.66. The Hall–Kier alpha value is -5.35. The van der Waals surface area contributed by atoms with Crippen LogP contribution in [0.3, 0.4) is 0 Å². The van der Waals surface area contributed by atoms with Gasteiger partial charge >= 0.3 is 20.4 Å². The van der Waals surface area contributed by atoms with Crippen LogP contribution in [0.1, 0.15) is 11.1 Å². The molecule has 5 aromatic heterocycles. The minimum atomic E-state index is 0. The van der Waals surface area contributed by atoms with Crippen molar-refractivity contribution in [2.45, 2.75) is 6.42 Å². The minimum absolute atomic E-state index is 0. The Kier molecular flexibility index (Phi) is 5.70. The summed E-state index contributed by atoms with van der Waals surface area (Å²) in [5.74, 6) is 1.22. The molecular formula is C38H21N5OPd. The molecule has 0 aliphatic carbocycles. The summed E-state index contributed by atoms with van der Waals surface area (Å²) in [5.41, 5.74) is 9.14. The Morgan fingerprint density at radius 1 is 0.622 bits per heavy atom. The van der Waals surface area contributed by atoms with E-state index in [1.807, 2.05) is 61.1 Å². The van der Waals surface area contributed by atoms with Crippen LogP contribution in [-0.4, -0.2) is 23.9 Å². The molecule has 0 saturated heterocycles. The van der Waals surface area contributed by atoms with Gasteiger partial charge in [0.15, 0.2) is 0 Å². The summed E-state index contributed by atoms with van der Waals surface area (Å²) < 4.78 is 10.8. The molecule has 0 N–H and O–H groups in total. The van der Waals surface area contributed by atoms with Gasteiger partial charge in [0.2, 0.25) is 0 Å². The van der Waals surface area contributed by atoms with E-state index in [2.05, 4.69) is 75.7 Å². The number of nitrogens with zero attached hydrogens (tertiary/aromatic N) is 5. The molecule has 0 saturated carbocycles. The zero-order chi connectivity index (χ0) is 28.8. The van der Waals surface area contributed by atoms with Gasteiger partial charge in [-0.3, -0.25) is 4.98 Å². The third-order valence-electron chi connectivity index (χ3n) is 8.66. The number of pyridine rings is 3. The Morgan fingerprint density at radius 3 is 2.24 bits per heavy atom. The van der Waals surface area contributed by atoms with Crippen LogP contribution in [0.15, 0.2) is 116 Å². The molecule has 0 radical (unpaired) electrons. The van der Waals surface area contributed by atoms with Crippen LogP contribution in [0.25, 0.3) is 66.3 Å². The zero-order valence-electron chi connectivity index (χ0n) is 23.6. The maximum atomic E-state index is 6.48. The van der Waals surface area contributed by atoms with Crippen molar-refractivity contribution in [2.75, 3.05) is 0 Å². The quantitative estimate of drug-likeness (QED) is 0.108. The van der Waals surface area contributed by atoms with E-state index < -0.39 is 0 Å². The average molecular weight is 670 g/mol. The standard InChI is InChI=1S/C38H21N5O.Pd/c1-2-7-23(8-3-1)33-22-42-36-30(11-5-17-39-36)28-16-15-26(20-32(28)38(42)41-33)44-27-14-13-24-19-25-9-4-10-29-31-12-6-18-40-37(31)43(35(25)29)34(24)21-27;/h1-18,22H,19H2;/q-2;+2. The molecule has 45 heavy (non-hydrogen) atoms. The molecule has 0 atom stereocenters. The maximum absolute atomic E-state index is 6.48. The van der Waals surface area contributed by atoms with Gasteiger partial charge in [0.05, 0.1) is 16.9 Å². The molecule has 0 amide bonds. The molecule has 4 aromatic carbocycles.